The minimum absolute atomic E-state index is 0.00222. The number of aromatic nitrogens is 1. The van der Waals surface area contributed by atoms with Crippen LogP contribution in [0.1, 0.15) is 15.9 Å². The third kappa shape index (κ3) is 2.07. The average molecular weight is 264 g/mol. The molecule has 0 radical (unpaired) electrons. The third-order valence-corrected chi connectivity index (χ3v) is 3.58. The van der Waals surface area contributed by atoms with Crippen LogP contribution in [0.15, 0.2) is 54.7 Å². The Hall–Kier alpha value is -2.55. The number of amides is 1. The Bertz CT molecular complexity index is 773. The number of aryl methyl sites for hydroxylation is 1. The van der Waals surface area contributed by atoms with Crippen LogP contribution in [0.4, 0.5) is 5.69 Å². The summed E-state index contributed by atoms with van der Waals surface area (Å²) in [5.41, 5.74) is 3.76. The topological polar surface area (TPSA) is 36.1 Å². The second-order valence-corrected chi connectivity index (χ2v) is 4.93. The molecule has 2 aromatic carbocycles. The number of hydrogen-bond donors (Lipinski definition) is 1. The number of nitrogens with one attached hydrogen (secondary N) is 1. The molecular weight excluding hydrogens is 248 g/mol. The number of fused-ring (bicyclic) bond motifs is 1. The van der Waals surface area contributed by atoms with Crippen molar-refractivity contribution < 1.29 is 4.79 Å². The van der Waals surface area contributed by atoms with Gasteiger partial charge in [-0.2, -0.15) is 0 Å². The molecule has 0 saturated carbocycles. The van der Waals surface area contributed by atoms with Crippen LogP contribution in [0.3, 0.4) is 0 Å². The van der Waals surface area contributed by atoms with Crippen LogP contribution in [-0.2, 0) is 0 Å². The molecule has 3 heteroatoms. The smallest absolute Gasteiger partial charge is 0.258 e. The summed E-state index contributed by atoms with van der Waals surface area (Å²) < 4.78 is 0. The lowest BCUT2D eigenvalue weighted by atomic mass is 10.1. The van der Waals surface area contributed by atoms with E-state index in [1.54, 1.807) is 4.90 Å². The van der Waals surface area contributed by atoms with Crippen molar-refractivity contribution in [2.75, 3.05) is 11.9 Å². The highest BCUT2D eigenvalue weighted by Gasteiger charge is 2.15. The Morgan fingerprint density at radius 1 is 1.10 bits per heavy atom. The zero-order valence-electron chi connectivity index (χ0n) is 11.6. The normalized spacial score (nSPS) is 10.7. The molecule has 3 aromatic rings. The Morgan fingerprint density at radius 2 is 1.90 bits per heavy atom. The Kier molecular flexibility index (Phi) is 3.03. The fourth-order valence-corrected chi connectivity index (χ4v) is 2.43. The average Bonchev–Trinajstić information content (AvgIpc) is 2.93. The first-order valence-corrected chi connectivity index (χ1v) is 6.57. The molecule has 3 rings (SSSR count). The lowest BCUT2D eigenvalue weighted by Crippen LogP contribution is -2.26. The minimum atomic E-state index is 0.00222. The van der Waals surface area contributed by atoms with Gasteiger partial charge in [0.25, 0.3) is 5.91 Å². The maximum absolute atomic E-state index is 12.6. The molecule has 0 atom stereocenters. The molecule has 20 heavy (non-hydrogen) atoms. The number of para-hydroxylation sites is 1. The first-order chi connectivity index (χ1) is 9.66. The summed E-state index contributed by atoms with van der Waals surface area (Å²) in [6, 6.07) is 15.6. The van der Waals surface area contributed by atoms with Gasteiger partial charge in [0.1, 0.15) is 0 Å². The quantitative estimate of drug-likeness (QED) is 0.751. The van der Waals surface area contributed by atoms with Gasteiger partial charge >= 0.3 is 0 Å². The standard InChI is InChI=1S/C17H16N2O/c1-12-5-3-4-6-16(12)19(2)17(20)14-7-8-15-13(11-14)9-10-18-15/h3-11,18H,1-2H3. The monoisotopic (exact) mass is 264 g/mol. The summed E-state index contributed by atoms with van der Waals surface area (Å²) in [4.78, 5) is 17.4. The van der Waals surface area contributed by atoms with Gasteiger partial charge in [-0.25, -0.2) is 0 Å². The van der Waals surface area contributed by atoms with Gasteiger partial charge in [0, 0.05) is 35.4 Å². The van der Waals surface area contributed by atoms with Gasteiger partial charge < -0.3 is 9.88 Å². The Labute approximate surface area is 117 Å². The van der Waals surface area contributed by atoms with Gasteiger partial charge in [-0.15, -0.1) is 0 Å². The SMILES string of the molecule is Cc1ccccc1N(C)C(=O)c1ccc2[nH]ccc2c1. The second-order valence-electron chi connectivity index (χ2n) is 4.93. The second kappa shape index (κ2) is 4.85. The molecule has 0 bridgehead atoms. The van der Waals surface area contributed by atoms with E-state index in [1.165, 1.54) is 0 Å². The Balaban J connectivity index is 1.97. The van der Waals surface area contributed by atoms with Crippen molar-refractivity contribution in [1.29, 1.82) is 0 Å². The van der Waals surface area contributed by atoms with Crippen molar-refractivity contribution in [2.45, 2.75) is 6.92 Å². The van der Waals surface area contributed by atoms with Crippen LogP contribution in [0.2, 0.25) is 0 Å². The molecule has 0 aliphatic carbocycles. The fourth-order valence-electron chi connectivity index (χ4n) is 2.43. The molecule has 1 aromatic heterocycles. The van der Waals surface area contributed by atoms with E-state index in [9.17, 15) is 4.79 Å². The van der Waals surface area contributed by atoms with Crippen LogP contribution in [0.25, 0.3) is 10.9 Å². The molecule has 0 fully saturated rings. The molecule has 0 spiro atoms. The number of anilines is 1. The largest absolute Gasteiger partial charge is 0.361 e. The van der Waals surface area contributed by atoms with Gasteiger partial charge in [-0.1, -0.05) is 18.2 Å². The number of nitrogens with zero attached hydrogens (tertiary/aromatic N) is 1. The number of carbonyl (C=O) groups is 1. The van der Waals surface area contributed by atoms with Crippen LogP contribution < -0.4 is 4.90 Å². The van der Waals surface area contributed by atoms with Crippen LogP contribution in [0.5, 0.6) is 0 Å². The minimum Gasteiger partial charge on any atom is -0.361 e. The van der Waals surface area contributed by atoms with Crippen molar-refractivity contribution in [3.8, 4) is 0 Å². The third-order valence-electron chi connectivity index (χ3n) is 3.58. The molecule has 100 valence electrons. The summed E-state index contributed by atoms with van der Waals surface area (Å²) >= 11 is 0. The van der Waals surface area contributed by atoms with Crippen LogP contribution >= 0.6 is 0 Å². The number of rotatable bonds is 2. The van der Waals surface area contributed by atoms with E-state index < -0.39 is 0 Å². The molecule has 1 N–H and O–H groups in total. The van der Waals surface area contributed by atoms with Gasteiger partial charge in [0.05, 0.1) is 0 Å². The van der Waals surface area contributed by atoms with Gasteiger partial charge in [-0.05, 0) is 42.8 Å². The molecule has 0 saturated heterocycles. The predicted octanol–water partition coefficient (Wildman–Crippen LogP) is 3.75. The maximum atomic E-state index is 12.6. The lowest BCUT2D eigenvalue weighted by molar-refractivity contribution is 0.0993. The number of H-pyrrole nitrogens is 1. The molecule has 3 nitrogen and oxygen atoms in total. The highest BCUT2D eigenvalue weighted by atomic mass is 16.2. The number of carbonyl (C=O) groups excluding carboxylic acids is 1. The molecule has 1 amide bonds. The van der Waals surface area contributed by atoms with Crippen molar-refractivity contribution >= 4 is 22.5 Å². The van der Waals surface area contributed by atoms with Crippen molar-refractivity contribution in [3.05, 3.63) is 65.9 Å². The maximum Gasteiger partial charge on any atom is 0.258 e. The summed E-state index contributed by atoms with van der Waals surface area (Å²) in [5.74, 6) is 0.00222. The number of hydrogen-bond acceptors (Lipinski definition) is 1. The van der Waals surface area contributed by atoms with Gasteiger partial charge in [-0.3, -0.25) is 4.79 Å². The van der Waals surface area contributed by atoms with Crippen molar-refractivity contribution in [2.24, 2.45) is 0 Å². The van der Waals surface area contributed by atoms with E-state index >= 15 is 0 Å². The summed E-state index contributed by atoms with van der Waals surface area (Å²) in [6.45, 7) is 2.01. The summed E-state index contributed by atoms with van der Waals surface area (Å²) in [7, 11) is 1.81. The van der Waals surface area contributed by atoms with Crippen molar-refractivity contribution in [1.82, 2.24) is 4.98 Å². The van der Waals surface area contributed by atoms with Crippen LogP contribution in [-0.4, -0.2) is 17.9 Å². The first kappa shape index (κ1) is 12.5. The highest BCUT2D eigenvalue weighted by Crippen LogP contribution is 2.21. The Morgan fingerprint density at radius 3 is 2.70 bits per heavy atom. The van der Waals surface area contributed by atoms with E-state index in [1.807, 2.05) is 68.7 Å². The lowest BCUT2D eigenvalue weighted by Gasteiger charge is -2.19. The number of aromatic amines is 1. The summed E-state index contributed by atoms with van der Waals surface area (Å²) in [5, 5.41) is 1.05. The predicted molar refractivity (Wildman–Crippen MR) is 82.2 cm³/mol. The molecule has 0 aliphatic heterocycles. The zero-order chi connectivity index (χ0) is 14.1. The van der Waals surface area contributed by atoms with Crippen LogP contribution in [0, 0.1) is 6.92 Å². The zero-order valence-corrected chi connectivity index (χ0v) is 11.6. The summed E-state index contributed by atoms with van der Waals surface area (Å²) in [6.07, 6.45) is 1.88. The molecular formula is C17H16N2O. The molecule has 0 aliphatic rings. The number of benzene rings is 2. The van der Waals surface area contributed by atoms with E-state index in [0.717, 1.165) is 22.2 Å². The fraction of sp³-hybridized carbons (Fsp3) is 0.118. The van der Waals surface area contributed by atoms with E-state index in [-0.39, 0.29) is 5.91 Å². The molecule has 1 heterocycles. The first-order valence-electron chi connectivity index (χ1n) is 6.57. The highest BCUT2D eigenvalue weighted by molar-refractivity contribution is 6.07. The van der Waals surface area contributed by atoms with Gasteiger partial charge in [0.15, 0.2) is 0 Å². The molecule has 0 unspecified atom stereocenters. The van der Waals surface area contributed by atoms with E-state index in [4.69, 9.17) is 0 Å². The van der Waals surface area contributed by atoms with Gasteiger partial charge in [0.2, 0.25) is 0 Å². The van der Waals surface area contributed by atoms with E-state index in [2.05, 4.69) is 4.98 Å². The van der Waals surface area contributed by atoms with E-state index in [0.29, 0.717) is 5.56 Å². The van der Waals surface area contributed by atoms with Crippen molar-refractivity contribution in [3.63, 3.8) is 0 Å².